The van der Waals surface area contributed by atoms with Crippen molar-refractivity contribution in [2.75, 3.05) is 0 Å². The molecule has 0 amide bonds. The Bertz CT molecular complexity index is 1130. The van der Waals surface area contributed by atoms with Crippen molar-refractivity contribution in [3.05, 3.63) is 87.7 Å². The summed E-state index contributed by atoms with van der Waals surface area (Å²) >= 11 is 1.49. The van der Waals surface area contributed by atoms with Crippen LogP contribution < -0.4 is 5.43 Å². The van der Waals surface area contributed by atoms with Crippen molar-refractivity contribution in [2.45, 2.75) is 6.61 Å². The number of hydrogen-bond acceptors (Lipinski definition) is 5. The van der Waals surface area contributed by atoms with E-state index in [0.29, 0.717) is 16.6 Å². The summed E-state index contributed by atoms with van der Waals surface area (Å²) in [5.74, 6) is -0.581. The summed E-state index contributed by atoms with van der Waals surface area (Å²) in [5.41, 5.74) is 2.21. The lowest BCUT2D eigenvalue weighted by molar-refractivity contribution is 0.0462. The van der Waals surface area contributed by atoms with Crippen LogP contribution >= 0.6 is 11.3 Å². The molecule has 0 aliphatic rings. The zero-order valence-corrected chi connectivity index (χ0v) is 14.5. The number of rotatable bonds is 4. The average molecular weight is 362 g/mol. The molecule has 1 N–H and O–H groups in total. The zero-order chi connectivity index (χ0) is 17.9. The molecule has 26 heavy (non-hydrogen) atoms. The smallest absolute Gasteiger partial charge is 0.355 e. The Morgan fingerprint density at radius 3 is 2.69 bits per heavy atom. The molecule has 0 spiro atoms. The monoisotopic (exact) mass is 362 g/mol. The van der Waals surface area contributed by atoms with E-state index in [9.17, 15) is 9.59 Å². The molecule has 0 bridgehead atoms. The number of nitrogens with one attached hydrogen (secondary N) is 1. The standard InChI is InChI=1S/C20H14N2O3S/c23-18-10-17(22-16-9-5-4-8-15(16)18)20(24)25-11-14-12-26-19(21-14)13-6-2-1-3-7-13/h1-10,12H,11H2,(H,22,23). The van der Waals surface area contributed by atoms with Gasteiger partial charge in [0.15, 0.2) is 5.43 Å². The lowest BCUT2D eigenvalue weighted by Gasteiger charge is -2.04. The van der Waals surface area contributed by atoms with Crippen LogP contribution in [0.15, 0.2) is 70.8 Å². The van der Waals surface area contributed by atoms with Gasteiger partial charge in [-0.25, -0.2) is 9.78 Å². The highest BCUT2D eigenvalue weighted by Gasteiger charge is 2.12. The maximum absolute atomic E-state index is 12.3. The number of pyridine rings is 1. The molecule has 0 aliphatic heterocycles. The van der Waals surface area contributed by atoms with Gasteiger partial charge in [-0.1, -0.05) is 42.5 Å². The third-order valence-corrected chi connectivity index (χ3v) is 4.82. The third kappa shape index (κ3) is 3.27. The average Bonchev–Trinajstić information content (AvgIpc) is 3.16. The predicted octanol–water partition coefficient (Wildman–Crippen LogP) is 4.01. The molecule has 2 heterocycles. The van der Waals surface area contributed by atoms with Crippen LogP contribution in [0.4, 0.5) is 0 Å². The van der Waals surface area contributed by atoms with Crippen molar-refractivity contribution in [2.24, 2.45) is 0 Å². The minimum Gasteiger partial charge on any atom is -0.454 e. The number of fused-ring (bicyclic) bond motifs is 1. The van der Waals surface area contributed by atoms with Crippen LogP contribution in [-0.2, 0) is 11.3 Å². The molecule has 128 valence electrons. The molecule has 0 saturated heterocycles. The zero-order valence-electron chi connectivity index (χ0n) is 13.6. The second-order valence-electron chi connectivity index (χ2n) is 5.68. The van der Waals surface area contributed by atoms with Gasteiger partial charge in [0.25, 0.3) is 0 Å². The van der Waals surface area contributed by atoms with Crippen LogP contribution in [0.5, 0.6) is 0 Å². The third-order valence-electron chi connectivity index (χ3n) is 3.88. The maximum Gasteiger partial charge on any atom is 0.355 e. The van der Waals surface area contributed by atoms with E-state index in [1.54, 1.807) is 24.3 Å². The first-order chi connectivity index (χ1) is 12.7. The Morgan fingerprint density at radius 1 is 1.08 bits per heavy atom. The second kappa shape index (κ2) is 6.93. The van der Waals surface area contributed by atoms with Gasteiger partial charge in [-0.2, -0.15) is 0 Å². The maximum atomic E-state index is 12.3. The first-order valence-electron chi connectivity index (χ1n) is 8.00. The molecule has 0 aliphatic carbocycles. The fourth-order valence-electron chi connectivity index (χ4n) is 2.61. The van der Waals surface area contributed by atoms with Gasteiger partial charge in [0.2, 0.25) is 0 Å². The quantitative estimate of drug-likeness (QED) is 0.557. The summed E-state index contributed by atoms with van der Waals surface area (Å²) in [5, 5.41) is 3.27. The molecule has 0 saturated carbocycles. The Morgan fingerprint density at radius 2 is 1.85 bits per heavy atom. The van der Waals surface area contributed by atoms with Crippen LogP contribution in [0.3, 0.4) is 0 Å². The minimum atomic E-state index is -0.581. The van der Waals surface area contributed by atoms with E-state index >= 15 is 0 Å². The van der Waals surface area contributed by atoms with Gasteiger partial charge in [0.1, 0.15) is 17.3 Å². The lowest BCUT2D eigenvalue weighted by atomic mass is 10.2. The summed E-state index contributed by atoms with van der Waals surface area (Å²) in [4.78, 5) is 31.8. The van der Waals surface area contributed by atoms with E-state index in [2.05, 4.69) is 9.97 Å². The first kappa shape index (κ1) is 16.2. The molecular formula is C20H14N2O3S. The summed E-state index contributed by atoms with van der Waals surface area (Å²) in [6, 6.07) is 18.1. The molecule has 2 aromatic carbocycles. The van der Waals surface area contributed by atoms with Crippen molar-refractivity contribution in [1.29, 1.82) is 0 Å². The molecule has 4 aromatic rings. The van der Waals surface area contributed by atoms with Crippen molar-refractivity contribution in [3.8, 4) is 10.6 Å². The molecule has 6 heteroatoms. The Kier molecular flexibility index (Phi) is 4.33. The number of nitrogens with zero attached hydrogens (tertiary/aromatic N) is 1. The van der Waals surface area contributed by atoms with Crippen LogP contribution in [0.2, 0.25) is 0 Å². The number of benzene rings is 2. The highest BCUT2D eigenvalue weighted by molar-refractivity contribution is 7.13. The highest BCUT2D eigenvalue weighted by atomic mass is 32.1. The number of H-pyrrole nitrogens is 1. The molecule has 0 unspecified atom stereocenters. The van der Waals surface area contributed by atoms with E-state index in [1.165, 1.54) is 17.4 Å². The summed E-state index contributed by atoms with van der Waals surface area (Å²) in [7, 11) is 0. The van der Waals surface area contributed by atoms with Gasteiger partial charge >= 0.3 is 5.97 Å². The number of aromatic amines is 1. The number of carbonyl (C=O) groups is 1. The lowest BCUT2D eigenvalue weighted by Crippen LogP contribution is -2.12. The van der Waals surface area contributed by atoms with Gasteiger partial charge in [-0.3, -0.25) is 4.79 Å². The van der Waals surface area contributed by atoms with E-state index in [-0.39, 0.29) is 17.7 Å². The van der Waals surface area contributed by atoms with Crippen molar-refractivity contribution in [3.63, 3.8) is 0 Å². The van der Waals surface area contributed by atoms with E-state index in [1.807, 2.05) is 35.7 Å². The molecular weight excluding hydrogens is 348 g/mol. The van der Waals surface area contributed by atoms with Crippen LogP contribution in [0.1, 0.15) is 16.2 Å². The number of ether oxygens (including phenoxy) is 1. The number of carbonyl (C=O) groups excluding carboxylic acids is 1. The Hall–Kier alpha value is -3.25. The van der Waals surface area contributed by atoms with E-state index < -0.39 is 5.97 Å². The highest BCUT2D eigenvalue weighted by Crippen LogP contribution is 2.23. The Labute approximate surface area is 152 Å². The molecule has 0 fully saturated rings. The van der Waals surface area contributed by atoms with Gasteiger partial charge < -0.3 is 9.72 Å². The van der Waals surface area contributed by atoms with Gasteiger partial charge in [-0.15, -0.1) is 11.3 Å². The molecule has 0 atom stereocenters. The largest absolute Gasteiger partial charge is 0.454 e. The molecule has 4 rings (SSSR count). The number of para-hydroxylation sites is 1. The SMILES string of the molecule is O=C(OCc1csc(-c2ccccc2)n1)c1cc(=O)c2ccccc2[nH]1. The second-order valence-corrected chi connectivity index (χ2v) is 6.54. The van der Waals surface area contributed by atoms with Crippen LogP contribution in [-0.4, -0.2) is 15.9 Å². The number of thiazole rings is 1. The normalized spacial score (nSPS) is 10.8. The number of hydrogen-bond donors (Lipinski definition) is 1. The van der Waals surface area contributed by atoms with Gasteiger partial charge in [0, 0.05) is 27.9 Å². The summed E-state index contributed by atoms with van der Waals surface area (Å²) < 4.78 is 5.30. The predicted molar refractivity (Wildman–Crippen MR) is 101 cm³/mol. The molecule has 5 nitrogen and oxygen atoms in total. The van der Waals surface area contributed by atoms with Gasteiger partial charge in [-0.05, 0) is 12.1 Å². The van der Waals surface area contributed by atoms with E-state index in [4.69, 9.17) is 4.74 Å². The fourth-order valence-corrected chi connectivity index (χ4v) is 3.42. The number of aromatic nitrogens is 2. The molecule has 2 aromatic heterocycles. The van der Waals surface area contributed by atoms with Crippen LogP contribution in [0.25, 0.3) is 21.5 Å². The van der Waals surface area contributed by atoms with Crippen molar-refractivity contribution < 1.29 is 9.53 Å². The van der Waals surface area contributed by atoms with E-state index in [0.717, 1.165) is 10.6 Å². The van der Waals surface area contributed by atoms with Crippen molar-refractivity contribution >= 4 is 28.2 Å². The fraction of sp³-hybridized carbons (Fsp3) is 0.0500. The topological polar surface area (TPSA) is 72.0 Å². The van der Waals surface area contributed by atoms with Gasteiger partial charge in [0.05, 0.1) is 5.69 Å². The summed E-state index contributed by atoms with van der Waals surface area (Å²) in [6.45, 7) is 0.0526. The summed E-state index contributed by atoms with van der Waals surface area (Å²) in [6.07, 6.45) is 0. The number of esters is 1. The minimum absolute atomic E-state index is 0.0526. The molecule has 0 radical (unpaired) electrons. The Balaban J connectivity index is 1.49. The first-order valence-corrected chi connectivity index (χ1v) is 8.88. The van der Waals surface area contributed by atoms with Crippen LogP contribution in [0, 0.1) is 0 Å². The van der Waals surface area contributed by atoms with Crippen molar-refractivity contribution in [1.82, 2.24) is 9.97 Å².